The van der Waals surface area contributed by atoms with Crippen molar-refractivity contribution in [3.05, 3.63) is 24.3 Å². The lowest BCUT2D eigenvalue weighted by Crippen LogP contribution is -2.40. The predicted molar refractivity (Wildman–Crippen MR) is 76.0 cm³/mol. The molecule has 2 rings (SSSR count). The highest BCUT2D eigenvalue weighted by Gasteiger charge is 2.30. The fourth-order valence-electron chi connectivity index (χ4n) is 2.41. The summed E-state index contributed by atoms with van der Waals surface area (Å²) < 4.78 is 15.4. The Morgan fingerprint density at radius 2 is 1.90 bits per heavy atom. The SMILES string of the molecule is COC(=O)C(Nc1ccc(OC)cc1)C1CCOCC1. The number of hydrogen-bond acceptors (Lipinski definition) is 5. The van der Waals surface area contributed by atoms with Crippen molar-refractivity contribution in [3.63, 3.8) is 0 Å². The maximum Gasteiger partial charge on any atom is 0.328 e. The van der Waals surface area contributed by atoms with Crippen LogP contribution in [0.4, 0.5) is 5.69 Å². The second-order valence-corrected chi connectivity index (χ2v) is 4.82. The fourth-order valence-corrected chi connectivity index (χ4v) is 2.41. The standard InChI is InChI=1S/C15H21NO4/c1-18-13-5-3-12(4-6-13)16-14(15(17)19-2)11-7-9-20-10-8-11/h3-6,11,14,16H,7-10H2,1-2H3. The molecule has 5 heteroatoms. The zero-order valence-corrected chi connectivity index (χ0v) is 11.9. The van der Waals surface area contributed by atoms with Gasteiger partial charge in [-0.2, -0.15) is 0 Å². The summed E-state index contributed by atoms with van der Waals surface area (Å²) in [6.07, 6.45) is 1.73. The molecule has 1 fully saturated rings. The van der Waals surface area contributed by atoms with Crippen molar-refractivity contribution in [3.8, 4) is 5.75 Å². The summed E-state index contributed by atoms with van der Waals surface area (Å²) in [6.45, 7) is 1.39. The summed E-state index contributed by atoms with van der Waals surface area (Å²) in [5.41, 5.74) is 0.882. The van der Waals surface area contributed by atoms with Gasteiger partial charge >= 0.3 is 5.97 Å². The highest BCUT2D eigenvalue weighted by Crippen LogP contribution is 2.24. The molecular weight excluding hydrogens is 258 g/mol. The molecular formula is C15H21NO4. The van der Waals surface area contributed by atoms with E-state index < -0.39 is 0 Å². The lowest BCUT2D eigenvalue weighted by atomic mass is 9.91. The molecule has 0 spiro atoms. The van der Waals surface area contributed by atoms with Gasteiger partial charge in [-0.1, -0.05) is 0 Å². The van der Waals surface area contributed by atoms with E-state index in [1.807, 2.05) is 24.3 Å². The molecule has 1 aromatic carbocycles. The molecule has 0 saturated carbocycles. The number of methoxy groups -OCH3 is 2. The number of hydrogen-bond donors (Lipinski definition) is 1. The van der Waals surface area contributed by atoms with Gasteiger partial charge in [-0.3, -0.25) is 0 Å². The first-order chi connectivity index (χ1) is 9.74. The van der Waals surface area contributed by atoms with E-state index in [-0.39, 0.29) is 17.9 Å². The Hall–Kier alpha value is -1.75. The molecule has 1 aliphatic heterocycles. The summed E-state index contributed by atoms with van der Waals surface area (Å²) in [5.74, 6) is 0.794. The minimum absolute atomic E-state index is 0.229. The molecule has 1 aromatic rings. The van der Waals surface area contributed by atoms with Crippen molar-refractivity contribution in [2.75, 3.05) is 32.8 Å². The zero-order valence-electron chi connectivity index (χ0n) is 11.9. The van der Waals surface area contributed by atoms with Crippen LogP contribution < -0.4 is 10.1 Å². The van der Waals surface area contributed by atoms with Crippen LogP contribution in [-0.2, 0) is 14.3 Å². The number of carbonyl (C=O) groups is 1. The van der Waals surface area contributed by atoms with Crippen molar-refractivity contribution >= 4 is 11.7 Å². The molecule has 0 aliphatic carbocycles. The Kier molecular flexibility index (Phi) is 5.24. The van der Waals surface area contributed by atoms with Crippen LogP contribution >= 0.6 is 0 Å². The largest absolute Gasteiger partial charge is 0.497 e. The van der Waals surface area contributed by atoms with Crippen LogP contribution in [0.15, 0.2) is 24.3 Å². The van der Waals surface area contributed by atoms with Gasteiger partial charge in [0.05, 0.1) is 14.2 Å². The molecule has 1 unspecified atom stereocenters. The third kappa shape index (κ3) is 3.63. The normalized spacial score (nSPS) is 17.3. The third-order valence-corrected chi connectivity index (χ3v) is 3.60. The van der Waals surface area contributed by atoms with Crippen molar-refractivity contribution < 1.29 is 19.0 Å². The van der Waals surface area contributed by atoms with Crippen LogP contribution in [0.1, 0.15) is 12.8 Å². The van der Waals surface area contributed by atoms with Gasteiger partial charge in [0.2, 0.25) is 0 Å². The van der Waals surface area contributed by atoms with Gasteiger partial charge in [0.15, 0.2) is 0 Å². The average Bonchev–Trinajstić information content (AvgIpc) is 2.53. The maximum atomic E-state index is 12.0. The predicted octanol–water partition coefficient (Wildman–Crippen LogP) is 2.08. The van der Waals surface area contributed by atoms with E-state index >= 15 is 0 Å². The molecule has 1 N–H and O–H groups in total. The van der Waals surface area contributed by atoms with Crippen LogP contribution in [-0.4, -0.2) is 39.4 Å². The lowest BCUT2D eigenvalue weighted by molar-refractivity contribution is -0.143. The number of ether oxygens (including phenoxy) is 3. The van der Waals surface area contributed by atoms with Crippen molar-refractivity contribution in [2.45, 2.75) is 18.9 Å². The second kappa shape index (κ2) is 7.14. The number of benzene rings is 1. The first-order valence-corrected chi connectivity index (χ1v) is 6.80. The first-order valence-electron chi connectivity index (χ1n) is 6.80. The Bertz CT molecular complexity index is 426. The lowest BCUT2D eigenvalue weighted by Gasteiger charge is -2.29. The number of esters is 1. The van der Waals surface area contributed by atoms with E-state index in [9.17, 15) is 4.79 Å². The Morgan fingerprint density at radius 3 is 2.45 bits per heavy atom. The molecule has 0 amide bonds. The molecule has 1 heterocycles. The van der Waals surface area contributed by atoms with Gasteiger partial charge in [-0.15, -0.1) is 0 Å². The fraction of sp³-hybridized carbons (Fsp3) is 0.533. The van der Waals surface area contributed by atoms with Crippen LogP contribution in [0.3, 0.4) is 0 Å². The molecule has 20 heavy (non-hydrogen) atoms. The first kappa shape index (κ1) is 14.7. The van der Waals surface area contributed by atoms with E-state index in [1.54, 1.807) is 7.11 Å². The van der Waals surface area contributed by atoms with Crippen LogP contribution in [0.2, 0.25) is 0 Å². The topological polar surface area (TPSA) is 56.8 Å². The monoisotopic (exact) mass is 279 g/mol. The summed E-state index contributed by atoms with van der Waals surface area (Å²) >= 11 is 0. The molecule has 5 nitrogen and oxygen atoms in total. The van der Waals surface area contributed by atoms with E-state index in [0.29, 0.717) is 13.2 Å². The van der Waals surface area contributed by atoms with Crippen molar-refractivity contribution in [1.82, 2.24) is 0 Å². The molecule has 1 aliphatic rings. The van der Waals surface area contributed by atoms with E-state index in [0.717, 1.165) is 24.3 Å². The molecule has 110 valence electrons. The van der Waals surface area contributed by atoms with E-state index in [1.165, 1.54) is 7.11 Å². The van der Waals surface area contributed by atoms with Gasteiger partial charge in [0.25, 0.3) is 0 Å². The smallest absolute Gasteiger partial charge is 0.328 e. The molecule has 0 bridgehead atoms. The summed E-state index contributed by atoms with van der Waals surface area (Å²) in [5, 5.41) is 3.27. The highest BCUT2D eigenvalue weighted by molar-refractivity contribution is 5.79. The zero-order chi connectivity index (χ0) is 14.4. The second-order valence-electron chi connectivity index (χ2n) is 4.82. The van der Waals surface area contributed by atoms with Gasteiger partial charge in [-0.25, -0.2) is 4.79 Å². The molecule has 1 atom stereocenters. The average molecular weight is 279 g/mol. The molecule has 0 aromatic heterocycles. The summed E-state index contributed by atoms with van der Waals surface area (Å²) in [7, 11) is 3.05. The number of rotatable bonds is 5. The number of carbonyl (C=O) groups excluding carboxylic acids is 1. The minimum Gasteiger partial charge on any atom is -0.497 e. The maximum absolute atomic E-state index is 12.0. The van der Waals surface area contributed by atoms with E-state index in [2.05, 4.69) is 5.32 Å². The van der Waals surface area contributed by atoms with Gasteiger partial charge in [-0.05, 0) is 43.0 Å². The highest BCUT2D eigenvalue weighted by atomic mass is 16.5. The third-order valence-electron chi connectivity index (χ3n) is 3.60. The van der Waals surface area contributed by atoms with Crippen LogP contribution in [0, 0.1) is 5.92 Å². The Labute approximate surface area is 119 Å². The molecule has 1 saturated heterocycles. The Morgan fingerprint density at radius 1 is 1.25 bits per heavy atom. The van der Waals surface area contributed by atoms with Gasteiger partial charge in [0.1, 0.15) is 11.8 Å². The van der Waals surface area contributed by atoms with Crippen molar-refractivity contribution in [1.29, 1.82) is 0 Å². The number of nitrogens with one attached hydrogen (secondary N) is 1. The van der Waals surface area contributed by atoms with E-state index in [4.69, 9.17) is 14.2 Å². The minimum atomic E-state index is -0.336. The summed E-state index contributed by atoms with van der Waals surface area (Å²) in [6, 6.07) is 7.18. The molecule has 0 radical (unpaired) electrons. The van der Waals surface area contributed by atoms with Gasteiger partial charge in [0, 0.05) is 18.9 Å². The van der Waals surface area contributed by atoms with Crippen LogP contribution in [0.5, 0.6) is 5.75 Å². The Balaban J connectivity index is 2.07. The van der Waals surface area contributed by atoms with Gasteiger partial charge < -0.3 is 19.5 Å². The number of anilines is 1. The van der Waals surface area contributed by atoms with Crippen molar-refractivity contribution in [2.24, 2.45) is 5.92 Å². The summed E-state index contributed by atoms with van der Waals surface area (Å²) in [4.78, 5) is 12.0. The van der Waals surface area contributed by atoms with Crippen LogP contribution in [0.25, 0.3) is 0 Å². The quantitative estimate of drug-likeness (QED) is 0.836.